The predicted molar refractivity (Wildman–Crippen MR) is 96.8 cm³/mol. The van der Waals surface area contributed by atoms with Crippen LogP contribution in [0.1, 0.15) is 23.7 Å². The van der Waals surface area contributed by atoms with Crippen LogP contribution in [0.15, 0.2) is 36.7 Å². The average molecular weight is 341 g/mol. The zero-order chi connectivity index (χ0) is 17.6. The summed E-state index contributed by atoms with van der Waals surface area (Å²) in [4.78, 5) is 25.1. The van der Waals surface area contributed by atoms with Gasteiger partial charge in [-0.05, 0) is 30.7 Å². The third-order valence-corrected chi connectivity index (χ3v) is 4.12. The van der Waals surface area contributed by atoms with Gasteiger partial charge in [0.25, 0.3) is 5.91 Å². The first-order chi connectivity index (χ1) is 12.2. The number of carbonyl (C=O) groups is 1. The molecule has 2 N–H and O–H groups in total. The maximum absolute atomic E-state index is 12.7. The van der Waals surface area contributed by atoms with Crippen LogP contribution in [-0.4, -0.2) is 53.6 Å². The number of anilines is 2. The molecule has 1 saturated heterocycles. The highest BCUT2D eigenvalue weighted by Crippen LogP contribution is 2.24. The summed E-state index contributed by atoms with van der Waals surface area (Å²) in [5.74, 6) is 1.32. The van der Waals surface area contributed by atoms with E-state index in [1.54, 1.807) is 36.7 Å². The Balaban J connectivity index is 1.62. The second kappa shape index (κ2) is 7.83. The van der Waals surface area contributed by atoms with Gasteiger partial charge in [-0.2, -0.15) is 0 Å². The number of rotatable bonds is 5. The Labute approximate surface area is 147 Å². The first-order valence-corrected chi connectivity index (χ1v) is 8.52. The summed E-state index contributed by atoms with van der Waals surface area (Å²) < 4.78 is 5.56. The van der Waals surface area contributed by atoms with Crippen LogP contribution in [0.2, 0.25) is 0 Å². The number of nitrogen functional groups attached to an aromatic ring is 1. The molecule has 132 valence electrons. The molecule has 0 saturated carbocycles. The van der Waals surface area contributed by atoms with Crippen molar-refractivity contribution in [3.63, 3.8) is 0 Å². The van der Waals surface area contributed by atoms with Gasteiger partial charge in [0.1, 0.15) is 5.75 Å². The fraction of sp³-hybridized carbons (Fsp3) is 0.389. The van der Waals surface area contributed by atoms with E-state index < -0.39 is 0 Å². The van der Waals surface area contributed by atoms with Crippen molar-refractivity contribution >= 4 is 17.5 Å². The molecule has 1 fully saturated rings. The van der Waals surface area contributed by atoms with Crippen molar-refractivity contribution in [2.75, 3.05) is 43.4 Å². The van der Waals surface area contributed by atoms with Crippen LogP contribution >= 0.6 is 0 Å². The minimum absolute atomic E-state index is 0.0117. The summed E-state index contributed by atoms with van der Waals surface area (Å²) in [6, 6.07) is 7.03. The zero-order valence-electron chi connectivity index (χ0n) is 14.4. The SMILES string of the molecule is CCCOc1ccc(C(=O)N2CCN(c3ncccn3)CC2)cc1N. The number of nitrogens with two attached hydrogens (primary N) is 1. The first-order valence-electron chi connectivity index (χ1n) is 8.52. The lowest BCUT2D eigenvalue weighted by Crippen LogP contribution is -2.49. The Morgan fingerprint density at radius 3 is 2.56 bits per heavy atom. The fourth-order valence-corrected chi connectivity index (χ4v) is 2.77. The highest BCUT2D eigenvalue weighted by molar-refractivity contribution is 5.95. The molecule has 0 radical (unpaired) electrons. The maximum Gasteiger partial charge on any atom is 0.254 e. The first kappa shape index (κ1) is 17.0. The second-order valence-corrected chi connectivity index (χ2v) is 5.93. The van der Waals surface area contributed by atoms with Gasteiger partial charge >= 0.3 is 0 Å². The minimum Gasteiger partial charge on any atom is -0.491 e. The molecule has 3 rings (SSSR count). The summed E-state index contributed by atoms with van der Waals surface area (Å²) in [5, 5.41) is 0. The molecular formula is C18H23N5O2. The Morgan fingerprint density at radius 2 is 1.92 bits per heavy atom. The van der Waals surface area contributed by atoms with Crippen molar-refractivity contribution < 1.29 is 9.53 Å². The summed E-state index contributed by atoms with van der Waals surface area (Å²) in [6.45, 7) is 5.33. The fourth-order valence-electron chi connectivity index (χ4n) is 2.77. The summed E-state index contributed by atoms with van der Waals surface area (Å²) in [7, 11) is 0. The highest BCUT2D eigenvalue weighted by Gasteiger charge is 2.23. The average Bonchev–Trinajstić information content (AvgIpc) is 2.67. The van der Waals surface area contributed by atoms with Gasteiger partial charge in [0.15, 0.2) is 0 Å². The number of nitrogens with zero attached hydrogens (tertiary/aromatic N) is 4. The largest absolute Gasteiger partial charge is 0.491 e. The van der Waals surface area contributed by atoms with E-state index in [1.165, 1.54) is 0 Å². The monoisotopic (exact) mass is 341 g/mol. The van der Waals surface area contributed by atoms with Crippen molar-refractivity contribution in [2.24, 2.45) is 0 Å². The quantitative estimate of drug-likeness (QED) is 0.835. The van der Waals surface area contributed by atoms with Gasteiger partial charge in [0.2, 0.25) is 5.95 Å². The number of hydrogen-bond acceptors (Lipinski definition) is 6. The number of hydrogen-bond donors (Lipinski definition) is 1. The van der Waals surface area contributed by atoms with Crippen molar-refractivity contribution in [3.8, 4) is 5.75 Å². The van der Waals surface area contributed by atoms with Crippen LogP contribution in [0.4, 0.5) is 11.6 Å². The van der Waals surface area contributed by atoms with Crippen LogP contribution in [0.5, 0.6) is 5.75 Å². The molecule has 2 heterocycles. The lowest BCUT2D eigenvalue weighted by Gasteiger charge is -2.34. The van der Waals surface area contributed by atoms with Gasteiger partial charge in [-0.25, -0.2) is 9.97 Å². The van der Waals surface area contributed by atoms with E-state index in [1.807, 2.05) is 11.8 Å². The van der Waals surface area contributed by atoms with Gasteiger partial charge < -0.3 is 20.3 Å². The van der Waals surface area contributed by atoms with Crippen LogP contribution in [0.25, 0.3) is 0 Å². The molecule has 0 spiro atoms. The maximum atomic E-state index is 12.7. The van der Waals surface area contributed by atoms with Gasteiger partial charge in [-0.15, -0.1) is 0 Å². The molecule has 0 bridgehead atoms. The number of piperazine rings is 1. The van der Waals surface area contributed by atoms with Crippen LogP contribution in [-0.2, 0) is 0 Å². The molecule has 25 heavy (non-hydrogen) atoms. The summed E-state index contributed by atoms with van der Waals surface area (Å²) in [5.41, 5.74) is 7.09. The smallest absolute Gasteiger partial charge is 0.254 e. The van der Waals surface area contributed by atoms with E-state index in [2.05, 4.69) is 14.9 Å². The van der Waals surface area contributed by atoms with Gasteiger partial charge in [-0.1, -0.05) is 6.92 Å². The third-order valence-electron chi connectivity index (χ3n) is 4.12. The van der Waals surface area contributed by atoms with E-state index in [0.29, 0.717) is 55.7 Å². The van der Waals surface area contributed by atoms with Crippen LogP contribution in [0, 0.1) is 0 Å². The Bertz CT molecular complexity index is 715. The Kier molecular flexibility index (Phi) is 5.33. The third kappa shape index (κ3) is 3.99. The molecule has 7 nitrogen and oxygen atoms in total. The highest BCUT2D eigenvalue weighted by atomic mass is 16.5. The van der Waals surface area contributed by atoms with E-state index >= 15 is 0 Å². The molecule has 7 heteroatoms. The predicted octanol–water partition coefficient (Wildman–Crippen LogP) is 1.81. The topological polar surface area (TPSA) is 84.6 Å². The minimum atomic E-state index is -0.0117. The number of aromatic nitrogens is 2. The second-order valence-electron chi connectivity index (χ2n) is 5.93. The van der Waals surface area contributed by atoms with Crippen LogP contribution < -0.4 is 15.4 Å². The number of amides is 1. The summed E-state index contributed by atoms with van der Waals surface area (Å²) >= 11 is 0. The van der Waals surface area contributed by atoms with E-state index in [0.717, 1.165) is 6.42 Å². The van der Waals surface area contributed by atoms with E-state index in [-0.39, 0.29) is 5.91 Å². The standard InChI is InChI=1S/C18H23N5O2/c1-2-12-25-16-5-4-14(13-15(16)19)17(24)22-8-10-23(11-9-22)18-20-6-3-7-21-18/h3-7,13H,2,8-12,19H2,1H3. The Morgan fingerprint density at radius 1 is 1.20 bits per heavy atom. The van der Waals surface area contributed by atoms with Crippen molar-refractivity contribution in [2.45, 2.75) is 13.3 Å². The van der Waals surface area contributed by atoms with Crippen molar-refractivity contribution in [3.05, 3.63) is 42.2 Å². The lowest BCUT2D eigenvalue weighted by molar-refractivity contribution is 0.0746. The molecule has 1 aliphatic heterocycles. The number of benzene rings is 1. The molecular weight excluding hydrogens is 318 g/mol. The van der Waals surface area contributed by atoms with Gasteiger partial charge in [0, 0.05) is 44.1 Å². The van der Waals surface area contributed by atoms with E-state index in [9.17, 15) is 4.79 Å². The van der Waals surface area contributed by atoms with Crippen molar-refractivity contribution in [1.29, 1.82) is 0 Å². The Hall–Kier alpha value is -2.83. The van der Waals surface area contributed by atoms with Gasteiger partial charge in [-0.3, -0.25) is 4.79 Å². The van der Waals surface area contributed by atoms with Gasteiger partial charge in [0.05, 0.1) is 12.3 Å². The molecule has 1 aliphatic rings. The lowest BCUT2D eigenvalue weighted by atomic mass is 10.1. The number of ether oxygens (including phenoxy) is 1. The molecule has 1 aromatic heterocycles. The number of carbonyl (C=O) groups excluding carboxylic acids is 1. The van der Waals surface area contributed by atoms with Crippen molar-refractivity contribution in [1.82, 2.24) is 14.9 Å². The molecule has 1 amide bonds. The molecule has 0 aliphatic carbocycles. The zero-order valence-corrected chi connectivity index (χ0v) is 14.4. The van der Waals surface area contributed by atoms with E-state index in [4.69, 9.17) is 10.5 Å². The molecule has 0 atom stereocenters. The molecule has 0 unspecified atom stereocenters. The molecule has 2 aromatic rings. The summed E-state index contributed by atoms with van der Waals surface area (Å²) in [6.07, 6.45) is 4.37. The van der Waals surface area contributed by atoms with Crippen LogP contribution in [0.3, 0.4) is 0 Å². The normalized spacial score (nSPS) is 14.4. The molecule has 1 aromatic carbocycles.